The number of anilines is 1. The third kappa shape index (κ3) is 3.72. The van der Waals surface area contributed by atoms with Gasteiger partial charge in [0.05, 0.1) is 18.2 Å². The van der Waals surface area contributed by atoms with Gasteiger partial charge in [-0.25, -0.2) is 9.37 Å². The summed E-state index contributed by atoms with van der Waals surface area (Å²) in [5.74, 6) is -0.414. The van der Waals surface area contributed by atoms with Gasteiger partial charge in [-0.2, -0.15) is 0 Å². The predicted molar refractivity (Wildman–Crippen MR) is 106 cm³/mol. The first-order valence-electron chi connectivity index (χ1n) is 9.41. The van der Waals surface area contributed by atoms with Gasteiger partial charge in [-0.1, -0.05) is 23.7 Å². The Bertz CT molecular complexity index is 980. The van der Waals surface area contributed by atoms with Crippen molar-refractivity contribution in [1.29, 1.82) is 0 Å². The molecular formula is C21H21ClFN3O3. The first-order valence-corrected chi connectivity index (χ1v) is 9.78. The molecule has 29 heavy (non-hydrogen) atoms. The summed E-state index contributed by atoms with van der Waals surface area (Å²) < 4.78 is 19.3. The first-order chi connectivity index (χ1) is 13.8. The summed E-state index contributed by atoms with van der Waals surface area (Å²) in [6.45, 7) is 4.35. The van der Waals surface area contributed by atoms with Crippen LogP contribution >= 0.6 is 11.6 Å². The Balaban J connectivity index is 1.66. The van der Waals surface area contributed by atoms with Gasteiger partial charge < -0.3 is 9.64 Å². The van der Waals surface area contributed by atoms with Crippen LogP contribution in [0.2, 0.25) is 5.02 Å². The van der Waals surface area contributed by atoms with E-state index in [0.29, 0.717) is 35.2 Å². The monoisotopic (exact) mass is 417 g/mol. The zero-order valence-corrected chi connectivity index (χ0v) is 16.9. The SMILES string of the molecule is Cc1ccc(CN2C(=O)CN(c3ncc(Cl)cc3C)C(=O)C2C2COC2)cc1F. The lowest BCUT2D eigenvalue weighted by Crippen LogP contribution is -2.65. The summed E-state index contributed by atoms with van der Waals surface area (Å²) in [4.78, 5) is 33.7. The number of hydrogen-bond acceptors (Lipinski definition) is 4. The highest BCUT2D eigenvalue weighted by Crippen LogP contribution is 2.31. The predicted octanol–water partition coefficient (Wildman–Crippen LogP) is 2.88. The van der Waals surface area contributed by atoms with Crippen molar-refractivity contribution in [3.8, 4) is 0 Å². The van der Waals surface area contributed by atoms with E-state index < -0.39 is 6.04 Å². The van der Waals surface area contributed by atoms with Crippen molar-refractivity contribution >= 4 is 29.2 Å². The van der Waals surface area contributed by atoms with E-state index in [1.54, 1.807) is 36.9 Å². The number of nitrogens with zero attached hydrogens (tertiary/aromatic N) is 3. The number of rotatable bonds is 4. The van der Waals surface area contributed by atoms with E-state index in [9.17, 15) is 14.0 Å². The van der Waals surface area contributed by atoms with Gasteiger partial charge >= 0.3 is 0 Å². The fourth-order valence-corrected chi connectivity index (χ4v) is 3.97. The van der Waals surface area contributed by atoms with Gasteiger partial charge in [-0.15, -0.1) is 0 Å². The lowest BCUT2D eigenvalue weighted by molar-refractivity contribution is -0.155. The van der Waals surface area contributed by atoms with Crippen molar-refractivity contribution in [3.63, 3.8) is 0 Å². The van der Waals surface area contributed by atoms with Crippen LogP contribution in [0.4, 0.5) is 10.2 Å². The van der Waals surface area contributed by atoms with E-state index in [4.69, 9.17) is 16.3 Å². The molecule has 6 nitrogen and oxygen atoms in total. The van der Waals surface area contributed by atoms with Crippen LogP contribution in [0.5, 0.6) is 0 Å². The minimum atomic E-state index is -0.675. The Morgan fingerprint density at radius 1 is 1.21 bits per heavy atom. The minimum absolute atomic E-state index is 0.0999. The van der Waals surface area contributed by atoms with Gasteiger partial charge in [0, 0.05) is 18.7 Å². The molecule has 1 atom stereocenters. The van der Waals surface area contributed by atoms with Gasteiger partial charge in [0.15, 0.2) is 0 Å². The number of ether oxygens (including phenoxy) is 1. The quantitative estimate of drug-likeness (QED) is 0.767. The molecule has 2 aromatic rings. The number of halogens is 2. The summed E-state index contributed by atoms with van der Waals surface area (Å²) >= 11 is 5.98. The van der Waals surface area contributed by atoms with Gasteiger partial charge in [0.2, 0.25) is 5.91 Å². The normalized spacial score (nSPS) is 20.2. The Hall–Kier alpha value is -2.51. The molecule has 0 spiro atoms. The van der Waals surface area contributed by atoms with Crippen molar-refractivity contribution in [3.05, 3.63) is 58.0 Å². The zero-order valence-electron chi connectivity index (χ0n) is 16.2. The zero-order chi connectivity index (χ0) is 20.7. The molecule has 0 saturated carbocycles. The lowest BCUT2D eigenvalue weighted by Gasteiger charge is -2.45. The van der Waals surface area contributed by atoms with Crippen LogP contribution in [0.1, 0.15) is 16.7 Å². The topological polar surface area (TPSA) is 62.7 Å². The molecule has 1 unspecified atom stereocenters. The number of benzene rings is 1. The fraction of sp³-hybridized carbons (Fsp3) is 0.381. The molecule has 0 radical (unpaired) electrons. The Labute approximate surface area is 173 Å². The highest BCUT2D eigenvalue weighted by Gasteiger charge is 2.47. The number of amides is 2. The largest absolute Gasteiger partial charge is 0.380 e. The molecule has 2 aliphatic rings. The molecule has 0 aliphatic carbocycles. The van der Waals surface area contributed by atoms with Crippen molar-refractivity contribution in [2.24, 2.45) is 5.92 Å². The maximum absolute atomic E-state index is 14.0. The van der Waals surface area contributed by atoms with Crippen LogP contribution in [0, 0.1) is 25.6 Å². The number of pyridine rings is 1. The first kappa shape index (κ1) is 19.8. The van der Waals surface area contributed by atoms with E-state index in [2.05, 4.69) is 4.98 Å². The standard InChI is InChI=1S/C21H21ClFN3O3/c1-12-3-4-14(6-17(12)23)8-25-18(27)9-26(20-13(2)5-16(22)7-24-20)21(28)19(25)15-10-29-11-15/h3-7,15,19H,8-11H2,1-2H3. The second-order valence-electron chi connectivity index (χ2n) is 7.57. The van der Waals surface area contributed by atoms with E-state index >= 15 is 0 Å². The van der Waals surface area contributed by atoms with E-state index in [1.165, 1.54) is 17.2 Å². The summed E-state index contributed by atoms with van der Waals surface area (Å²) in [5, 5.41) is 0.467. The maximum atomic E-state index is 14.0. The molecule has 2 aliphatic heterocycles. The Morgan fingerprint density at radius 2 is 1.97 bits per heavy atom. The number of piperazine rings is 1. The minimum Gasteiger partial charge on any atom is -0.380 e. The van der Waals surface area contributed by atoms with Gasteiger partial charge in [-0.3, -0.25) is 14.5 Å². The lowest BCUT2D eigenvalue weighted by atomic mass is 9.92. The molecule has 3 heterocycles. The fourth-order valence-electron chi connectivity index (χ4n) is 3.76. The number of hydrogen-bond donors (Lipinski definition) is 0. The number of aromatic nitrogens is 1. The number of carbonyl (C=O) groups excluding carboxylic acids is 2. The van der Waals surface area contributed by atoms with Crippen LogP contribution in [0.15, 0.2) is 30.5 Å². The Kier molecular flexibility index (Phi) is 5.27. The number of aryl methyl sites for hydroxylation is 2. The highest BCUT2D eigenvalue weighted by molar-refractivity contribution is 6.30. The molecule has 0 N–H and O–H groups in total. The van der Waals surface area contributed by atoms with Crippen molar-refractivity contribution < 1.29 is 18.7 Å². The molecule has 8 heteroatoms. The Morgan fingerprint density at radius 3 is 2.59 bits per heavy atom. The average Bonchev–Trinajstić information content (AvgIpc) is 2.62. The molecule has 4 rings (SSSR count). The molecule has 1 aromatic heterocycles. The van der Waals surface area contributed by atoms with Gasteiger partial charge in [0.1, 0.15) is 24.2 Å². The van der Waals surface area contributed by atoms with Crippen LogP contribution in [-0.4, -0.2) is 47.5 Å². The van der Waals surface area contributed by atoms with Gasteiger partial charge in [0.25, 0.3) is 5.91 Å². The second-order valence-corrected chi connectivity index (χ2v) is 8.00. The van der Waals surface area contributed by atoms with Crippen LogP contribution < -0.4 is 4.90 Å². The molecule has 152 valence electrons. The molecule has 2 amide bonds. The van der Waals surface area contributed by atoms with Crippen LogP contribution in [0.25, 0.3) is 0 Å². The molecule has 0 bridgehead atoms. The number of carbonyl (C=O) groups is 2. The third-order valence-electron chi connectivity index (χ3n) is 5.44. The summed E-state index contributed by atoms with van der Waals surface area (Å²) in [6.07, 6.45) is 1.46. The van der Waals surface area contributed by atoms with E-state index in [0.717, 1.165) is 5.56 Å². The smallest absolute Gasteiger partial charge is 0.251 e. The molecule has 2 saturated heterocycles. The summed E-state index contributed by atoms with van der Waals surface area (Å²) in [7, 11) is 0. The maximum Gasteiger partial charge on any atom is 0.251 e. The highest BCUT2D eigenvalue weighted by atomic mass is 35.5. The van der Waals surface area contributed by atoms with E-state index in [1.807, 2.05) is 0 Å². The van der Waals surface area contributed by atoms with E-state index in [-0.39, 0.29) is 36.6 Å². The molecule has 1 aromatic carbocycles. The average molecular weight is 418 g/mol. The van der Waals surface area contributed by atoms with Crippen LogP contribution in [-0.2, 0) is 20.9 Å². The van der Waals surface area contributed by atoms with Gasteiger partial charge in [-0.05, 0) is 42.7 Å². The second kappa shape index (κ2) is 7.72. The third-order valence-corrected chi connectivity index (χ3v) is 5.65. The van der Waals surface area contributed by atoms with Crippen molar-refractivity contribution in [2.45, 2.75) is 26.4 Å². The molecule has 2 fully saturated rings. The molecular weight excluding hydrogens is 397 g/mol. The summed E-state index contributed by atoms with van der Waals surface area (Å²) in [5.41, 5.74) is 1.90. The summed E-state index contributed by atoms with van der Waals surface area (Å²) in [6, 6.07) is 5.91. The van der Waals surface area contributed by atoms with Crippen molar-refractivity contribution in [1.82, 2.24) is 9.88 Å². The van der Waals surface area contributed by atoms with Crippen LogP contribution in [0.3, 0.4) is 0 Å². The van der Waals surface area contributed by atoms with Crippen molar-refractivity contribution in [2.75, 3.05) is 24.7 Å².